The summed E-state index contributed by atoms with van der Waals surface area (Å²) < 4.78 is 15.7. The Morgan fingerprint density at radius 2 is 2.11 bits per heavy atom. The molecule has 7 nitrogen and oxygen atoms in total. The Labute approximate surface area is 210 Å². The predicted molar refractivity (Wildman–Crippen MR) is 138 cm³/mol. The number of amides is 2. The fourth-order valence-electron chi connectivity index (χ4n) is 5.09. The minimum absolute atomic E-state index is 0.0154. The van der Waals surface area contributed by atoms with E-state index in [2.05, 4.69) is 27.7 Å². The van der Waals surface area contributed by atoms with Crippen LogP contribution in [0.4, 0.5) is 15.9 Å². The van der Waals surface area contributed by atoms with E-state index in [4.69, 9.17) is 5.10 Å². The third-order valence-electron chi connectivity index (χ3n) is 7.10. The van der Waals surface area contributed by atoms with Gasteiger partial charge < -0.3 is 15.5 Å². The molecule has 188 valence electrons. The van der Waals surface area contributed by atoms with Gasteiger partial charge in [-0.05, 0) is 56.1 Å². The number of fused-ring (bicyclic) bond motifs is 1. The molecule has 2 fully saturated rings. The molecule has 3 aliphatic rings. The molecule has 2 N–H and O–H groups in total. The maximum atomic E-state index is 13.9. The number of benzene rings is 1. The molecule has 2 amide bonds. The van der Waals surface area contributed by atoms with Crippen molar-refractivity contribution in [2.75, 3.05) is 35.3 Å². The van der Waals surface area contributed by atoms with Crippen LogP contribution in [0.15, 0.2) is 24.3 Å². The first-order valence-electron chi connectivity index (χ1n) is 12.5. The van der Waals surface area contributed by atoms with Crippen molar-refractivity contribution in [3.8, 4) is 0 Å². The maximum Gasteiger partial charge on any atom is 0.257 e. The quantitative estimate of drug-likeness (QED) is 0.520. The summed E-state index contributed by atoms with van der Waals surface area (Å²) in [6.07, 6.45) is 7.66. The van der Waals surface area contributed by atoms with E-state index in [1.54, 1.807) is 6.92 Å². The zero-order valence-electron chi connectivity index (χ0n) is 20.5. The highest BCUT2D eigenvalue weighted by atomic mass is 32.2. The number of halogens is 1. The van der Waals surface area contributed by atoms with Crippen molar-refractivity contribution in [2.24, 2.45) is 5.92 Å². The Morgan fingerprint density at radius 1 is 1.31 bits per heavy atom. The molecule has 1 atom stereocenters. The highest BCUT2D eigenvalue weighted by Gasteiger charge is 2.39. The number of nitrogens with one attached hydrogen (secondary N) is 2. The molecule has 1 aromatic heterocycles. The molecule has 35 heavy (non-hydrogen) atoms. The summed E-state index contributed by atoms with van der Waals surface area (Å²) in [5.41, 5.74) is 2.41. The summed E-state index contributed by atoms with van der Waals surface area (Å²) in [4.78, 5) is 27.5. The third kappa shape index (κ3) is 5.66. The lowest BCUT2D eigenvalue weighted by Crippen LogP contribution is -2.57. The van der Waals surface area contributed by atoms with Gasteiger partial charge in [-0.3, -0.25) is 9.59 Å². The fraction of sp³-hybridized carbons (Fsp3) is 0.577. The number of thioether (sulfide) groups is 1. The molecule has 2 aromatic rings. The molecule has 3 heterocycles. The molecule has 0 bridgehead atoms. The fourth-order valence-corrected chi connectivity index (χ4v) is 5.42. The van der Waals surface area contributed by atoms with Crippen LogP contribution in [0.3, 0.4) is 0 Å². The first-order chi connectivity index (χ1) is 16.8. The lowest BCUT2D eigenvalue weighted by atomic mass is 9.95. The van der Waals surface area contributed by atoms with Crippen molar-refractivity contribution in [3.05, 3.63) is 41.1 Å². The molecule has 1 aromatic carbocycles. The number of anilines is 2. The van der Waals surface area contributed by atoms with Gasteiger partial charge in [-0.1, -0.05) is 25.0 Å². The van der Waals surface area contributed by atoms with Gasteiger partial charge in [0.05, 0.1) is 24.5 Å². The Hall–Kier alpha value is -2.55. The van der Waals surface area contributed by atoms with Gasteiger partial charge >= 0.3 is 0 Å². The van der Waals surface area contributed by atoms with E-state index < -0.39 is 5.67 Å². The van der Waals surface area contributed by atoms with Crippen molar-refractivity contribution >= 4 is 35.1 Å². The number of rotatable bonds is 10. The Balaban J connectivity index is 1.26. The number of hydrogen-bond acceptors (Lipinski definition) is 5. The number of carbonyl (C=O) groups excluding carboxylic acids is 2. The van der Waals surface area contributed by atoms with Crippen LogP contribution in [-0.4, -0.2) is 58.4 Å². The summed E-state index contributed by atoms with van der Waals surface area (Å²) in [6.45, 7) is 3.21. The van der Waals surface area contributed by atoms with E-state index in [9.17, 15) is 14.0 Å². The molecule has 0 unspecified atom stereocenters. The second-order valence-electron chi connectivity index (χ2n) is 10.5. The first-order valence-corrected chi connectivity index (χ1v) is 13.9. The van der Waals surface area contributed by atoms with Gasteiger partial charge in [0.15, 0.2) is 0 Å². The second kappa shape index (κ2) is 9.84. The van der Waals surface area contributed by atoms with Crippen LogP contribution < -0.4 is 15.5 Å². The van der Waals surface area contributed by atoms with Crippen LogP contribution in [0.25, 0.3) is 0 Å². The monoisotopic (exact) mass is 499 g/mol. The normalized spacial score (nSPS) is 20.7. The minimum Gasteiger partial charge on any atom is -0.365 e. The molecule has 0 spiro atoms. The van der Waals surface area contributed by atoms with E-state index in [-0.39, 0.29) is 17.9 Å². The van der Waals surface area contributed by atoms with Gasteiger partial charge in [-0.25, -0.2) is 9.07 Å². The SMILES string of the molecule is CSCC(=O)Nc1c2c(nn1CCC1CC1)C[C@H](CCc1cccc(N3CC(C)(F)C3)c1)NC2=O. The zero-order valence-corrected chi connectivity index (χ0v) is 21.3. The van der Waals surface area contributed by atoms with E-state index in [1.807, 2.05) is 23.1 Å². The Morgan fingerprint density at radius 3 is 2.83 bits per heavy atom. The highest BCUT2D eigenvalue weighted by molar-refractivity contribution is 7.99. The smallest absolute Gasteiger partial charge is 0.257 e. The van der Waals surface area contributed by atoms with Crippen molar-refractivity contribution < 1.29 is 14.0 Å². The van der Waals surface area contributed by atoms with Gasteiger partial charge in [0.2, 0.25) is 5.91 Å². The Bertz CT molecular complexity index is 1110. The molecule has 5 rings (SSSR count). The van der Waals surface area contributed by atoms with Crippen molar-refractivity contribution in [1.29, 1.82) is 0 Å². The zero-order chi connectivity index (χ0) is 24.6. The van der Waals surface area contributed by atoms with Gasteiger partial charge in [-0.15, -0.1) is 0 Å². The highest BCUT2D eigenvalue weighted by Crippen LogP contribution is 2.34. The largest absolute Gasteiger partial charge is 0.365 e. The molecule has 9 heteroatoms. The summed E-state index contributed by atoms with van der Waals surface area (Å²) >= 11 is 1.45. The van der Waals surface area contributed by atoms with Crippen LogP contribution in [0.2, 0.25) is 0 Å². The summed E-state index contributed by atoms with van der Waals surface area (Å²) in [5, 5.41) is 10.9. The number of carbonyl (C=O) groups is 2. The van der Waals surface area contributed by atoms with Crippen LogP contribution in [0, 0.1) is 5.92 Å². The van der Waals surface area contributed by atoms with Crippen molar-refractivity contribution in [1.82, 2.24) is 15.1 Å². The second-order valence-corrected chi connectivity index (χ2v) is 11.3. The van der Waals surface area contributed by atoms with Crippen molar-refractivity contribution in [2.45, 2.75) is 63.7 Å². The molecule has 1 aliphatic carbocycles. The minimum atomic E-state index is -1.10. The maximum absolute atomic E-state index is 13.9. The van der Waals surface area contributed by atoms with E-state index in [0.717, 1.165) is 36.6 Å². The molecule has 0 radical (unpaired) electrons. The first kappa shape index (κ1) is 24.2. The molecular formula is C26H34FN5O2S. The standard InChI is InChI=1S/C26H34FN5O2S/c1-26(27)15-31(16-26)20-5-3-4-18(12-20)8-9-19-13-21-23(25(34)28-19)24(29-22(33)14-35-2)32(30-21)11-10-17-6-7-17/h3-5,12,17,19H,6-11,13-16H2,1-2H3,(H,28,34)(H,29,33)/t19-/m0/s1. The van der Waals surface area contributed by atoms with E-state index >= 15 is 0 Å². The van der Waals surface area contributed by atoms with Gasteiger partial charge in [0, 0.05) is 24.7 Å². The predicted octanol–water partition coefficient (Wildman–Crippen LogP) is 3.82. The number of nitrogens with zero attached hydrogens (tertiary/aromatic N) is 3. The van der Waals surface area contributed by atoms with Crippen LogP contribution in [0.5, 0.6) is 0 Å². The topological polar surface area (TPSA) is 79.3 Å². The summed E-state index contributed by atoms with van der Waals surface area (Å²) in [6, 6.07) is 8.23. The summed E-state index contributed by atoms with van der Waals surface area (Å²) in [7, 11) is 0. The number of alkyl halides is 1. The molecule has 1 saturated carbocycles. The lowest BCUT2D eigenvalue weighted by molar-refractivity contribution is -0.113. The number of aromatic nitrogens is 2. The summed E-state index contributed by atoms with van der Waals surface area (Å²) in [5.74, 6) is 1.34. The average molecular weight is 500 g/mol. The molecular weight excluding hydrogens is 465 g/mol. The average Bonchev–Trinajstić information content (AvgIpc) is 3.56. The van der Waals surface area contributed by atoms with Crippen molar-refractivity contribution in [3.63, 3.8) is 0 Å². The van der Waals surface area contributed by atoms with E-state index in [1.165, 1.54) is 30.2 Å². The van der Waals surface area contributed by atoms with E-state index in [0.29, 0.717) is 43.2 Å². The van der Waals surface area contributed by atoms with Gasteiger partial charge in [0.25, 0.3) is 5.91 Å². The van der Waals surface area contributed by atoms with Crippen LogP contribution in [0.1, 0.15) is 54.2 Å². The molecule has 2 aliphatic heterocycles. The number of aryl methyl sites for hydroxylation is 2. The van der Waals surface area contributed by atoms with Gasteiger partial charge in [-0.2, -0.15) is 16.9 Å². The lowest BCUT2D eigenvalue weighted by Gasteiger charge is -2.44. The third-order valence-corrected chi connectivity index (χ3v) is 7.66. The number of hydrogen-bond donors (Lipinski definition) is 2. The molecule has 1 saturated heterocycles. The van der Waals surface area contributed by atoms with Crippen LogP contribution in [-0.2, 0) is 24.2 Å². The van der Waals surface area contributed by atoms with Gasteiger partial charge in [0.1, 0.15) is 17.1 Å². The Kier molecular flexibility index (Phi) is 6.79. The van der Waals surface area contributed by atoms with Crippen LogP contribution >= 0.6 is 11.8 Å².